The minimum absolute atomic E-state index is 0.0139. The van der Waals surface area contributed by atoms with E-state index in [-0.39, 0.29) is 41.3 Å². The van der Waals surface area contributed by atoms with Gasteiger partial charge >= 0.3 is 0 Å². The van der Waals surface area contributed by atoms with E-state index in [0.29, 0.717) is 12.8 Å². The van der Waals surface area contributed by atoms with Gasteiger partial charge in [0.05, 0.1) is 18.1 Å². The average Bonchev–Trinajstić information content (AvgIpc) is 2.82. The number of nitrogens with one attached hydrogen (secondary N) is 2. The van der Waals surface area contributed by atoms with Gasteiger partial charge in [-0.15, -0.1) is 0 Å². The van der Waals surface area contributed by atoms with Crippen LogP contribution in [0.3, 0.4) is 0 Å². The third kappa shape index (κ3) is 3.86. The number of hydrogen-bond donors (Lipinski definition) is 2. The first-order valence-corrected chi connectivity index (χ1v) is 11.4. The zero-order chi connectivity index (χ0) is 17.7. The second kappa shape index (κ2) is 6.25. The van der Waals surface area contributed by atoms with Crippen molar-refractivity contribution in [3.63, 3.8) is 0 Å². The number of sulfone groups is 1. The largest absolute Gasteiger partial charge is 0.351 e. The molecule has 4 saturated carbocycles. The van der Waals surface area contributed by atoms with Crippen LogP contribution in [0.2, 0.25) is 0 Å². The molecular weight excluding hydrogens is 340 g/mol. The summed E-state index contributed by atoms with van der Waals surface area (Å²) in [4.78, 5) is 24.3. The molecule has 1 unspecified atom stereocenters. The van der Waals surface area contributed by atoms with Crippen molar-refractivity contribution < 1.29 is 18.0 Å². The number of amides is 2. The molecule has 4 bridgehead atoms. The maximum Gasteiger partial charge on any atom is 0.239 e. The molecule has 5 aliphatic rings. The lowest BCUT2D eigenvalue weighted by Crippen LogP contribution is -2.49. The molecule has 0 aromatic heterocycles. The predicted octanol–water partition coefficient (Wildman–Crippen LogP) is 1.01. The Labute approximate surface area is 149 Å². The summed E-state index contributed by atoms with van der Waals surface area (Å²) in [5, 5.41) is 5.47. The van der Waals surface area contributed by atoms with Crippen LogP contribution >= 0.6 is 0 Å². The molecular formula is C18H28N2O4S. The number of hydrogen-bond acceptors (Lipinski definition) is 4. The summed E-state index contributed by atoms with van der Waals surface area (Å²) in [5.74, 6) is 2.26. The van der Waals surface area contributed by atoms with Crippen LogP contribution in [0.5, 0.6) is 0 Å². The van der Waals surface area contributed by atoms with Gasteiger partial charge in [0.15, 0.2) is 9.84 Å². The molecule has 5 fully saturated rings. The van der Waals surface area contributed by atoms with Gasteiger partial charge in [0.2, 0.25) is 11.8 Å². The molecule has 140 valence electrons. The monoisotopic (exact) mass is 368 g/mol. The van der Waals surface area contributed by atoms with Crippen LogP contribution in [0, 0.1) is 23.2 Å². The van der Waals surface area contributed by atoms with Gasteiger partial charge < -0.3 is 10.6 Å². The number of carbonyl (C=O) groups is 2. The molecule has 4 aliphatic carbocycles. The van der Waals surface area contributed by atoms with Crippen LogP contribution in [-0.4, -0.2) is 44.3 Å². The molecule has 1 saturated heterocycles. The molecule has 0 aromatic carbocycles. The molecule has 1 heterocycles. The zero-order valence-electron chi connectivity index (χ0n) is 14.6. The van der Waals surface area contributed by atoms with Gasteiger partial charge in [-0.1, -0.05) is 0 Å². The van der Waals surface area contributed by atoms with Crippen molar-refractivity contribution in [2.45, 2.75) is 57.4 Å². The molecule has 2 amide bonds. The minimum Gasteiger partial charge on any atom is -0.351 e. The van der Waals surface area contributed by atoms with Gasteiger partial charge in [-0.05, 0) is 68.1 Å². The van der Waals surface area contributed by atoms with Gasteiger partial charge in [0.1, 0.15) is 0 Å². The topological polar surface area (TPSA) is 92.3 Å². The van der Waals surface area contributed by atoms with Gasteiger partial charge in [-0.25, -0.2) is 8.42 Å². The van der Waals surface area contributed by atoms with E-state index in [9.17, 15) is 18.0 Å². The third-order valence-corrected chi connectivity index (χ3v) is 8.51. The molecule has 1 aliphatic heterocycles. The fraction of sp³-hybridized carbons (Fsp3) is 0.889. The van der Waals surface area contributed by atoms with Crippen molar-refractivity contribution in [2.24, 2.45) is 23.2 Å². The molecule has 2 N–H and O–H groups in total. The highest BCUT2D eigenvalue weighted by molar-refractivity contribution is 7.91. The summed E-state index contributed by atoms with van der Waals surface area (Å²) in [7, 11) is -3.01. The molecule has 1 atom stereocenters. The SMILES string of the molecule is O=C(CC12CC3CC(CC(C3)C1)C2)NCC(=O)NC1CCS(=O)(=O)C1. The van der Waals surface area contributed by atoms with E-state index >= 15 is 0 Å². The van der Waals surface area contributed by atoms with Crippen molar-refractivity contribution in [1.29, 1.82) is 0 Å². The predicted molar refractivity (Wildman–Crippen MR) is 93.4 cm³/mol. The quantitative estimate of drug-likeness (QED) is 0.758. The number of carbonyl (C=O) groups excluding carboxylic acids is 2. The van der Waals surface area contributed by atoms with Crippen molar-refractivity contribution in [2.75, 3.05) is 18.1 Å². The highest BCUT2D eigenvalue weighted by atomic mass is 32.2. The van der Waals surface area contributed by atoms with E-state index in [4.69, 9.17) is 0 Å². The number of rotatable bonds is 5. The summed E-state index contributed by atoms with van der Waals surface area (Å²) in [6.07, 6.45) is 8.61. The standard InChI is InChI=1S/C18H28N2O4S/c21-16(19-10-17(22)20-15-1-2-25(23,24)11-15)9-18-6-12-3-13(7-18)5-14(4-12)8-18/h12-15H,1-11H2,(H,19,21)(H,20,22). The fourth-order valence-electron chi connectivity index (χ4n) is 6.28. The molecule has 7 heteroatoms. The van der Waals surface area contributed by atoms with Crippen LogP contribution in [0.15, 0.2) is 0 Å². The first-order chi connectivity index (χ1) is 11.8. The Morgan fingerprint density at radius 1 is 0.960 bits per heavy atom. The molecule has 0 spiro atoms. The first kappa shape index (κ1) is 17.3. The van der Waals surface area contributed by atoms with Crippen molar-refractivity contribution in [3.8, 4) is 0 Å². The van der Waals surface area contributed by atoms with Crippen LogP contribution in [-0.2, 0) is 19.4 Å². The normalized spacial score (nSPS) is 40.8. The lowest BCUT2D eigenvalue weighted by atomic mass is 9.49. The molecule has 0 radical (unpaired) electrons. The van der Waals surface area contributed by atoms with Gasteiger partial charge in [-0.2, -0.15) is 0 Å². The van der Waals surface area contributed by atoms with Crippen LogP contribution < -0.4 is 10.6 Å². The Bertz CT molecular complexity index is 637. The van der Waals surface area contributed by atoms with Crippen LogP contribution in [0.25, 0.3) is 0 Å². The first-order valence-electron chi connectivity index (χ1n) is 9.57. The smallest absolute Gasteiger partial charge is 0.239 e. The lowest BCUT2D eigenvalue weighted by Gasteiger charge is -2.56. The van der Waals surface area contributed by atoms with Gasteiger partial charge in [0, 0.05) is 12.5 Å². The Hall–Kier alpha value is -1.11. The summed E-state index contributed by atoms with van der Waals surface area (Å²) in [6.45, 7) is -0.0538. The van der Waals surface area contributed by atoms with E-state index < -0.39 is 9.84 Å². The maximum atomic E-state index is 12.4. The van der Waals surface area contributed by atoms with E-state index in [1.54, 1.807) is 0 Å². The van der Waals surface area contributed by atoms with Gasteiger partial charge in [0.25, 0.3) is 0 Å². The van der Waals surface area contributed by atoms with E-state index in [2.05, 4.69) is 10.6 Å². The summed E-state index contributed by atoms with van der Waals surface area (Å²) in [6, 6.07) is -0.308. The van der Waals surface area contributed by atoms with Crippen LogP contribution in [0.1, 0.15) is 51.4 Å². The summed E-state index contributed by atoms with van der Waals surface area (Å²) >= 11 is 0. The molecule has 6 nitrogen and oxygen atoms in total. The van der Waals surface area contributed by atoms with E-state index in [1.165, 1.54) is 38.5 Å². The fourth-order valence-corrected chi connectivity index (χ4v) is 7.95. The second-order valence-electron chi connectivity index (χ2n) is 9.04. The van der Waals surface area contributed by atoms with Crippen molar-refractivity contribution in [1.82, 2.24) is 10.6 Å². The Kier molecular flexibility index (Phi) is 4.33. The van der Waals surface area contributed by atoms with Crippen molar-refractivity contribution in [3.05, 3.63) is 0 Å². The highest BCUT2D eigenvalue weighted by Crippen LogP contribution is 2.61. The minimum atomic E-state index is -3.01. The zero-order valence-corrected chi connectivity index (χ0v) is 15.4. The Balaban J connectivity index is 1.24. The van der Waals surface area contributed by atoms with Crippen molar-refractivity contribution >= 4 is 21.7 Å². The third-order valence-electron chi connectivity index (χ3n) is 6.74. The van der Waals surface area contributed by atoms with Gasteiger partial charge in [-0.3, -0.25) is 9.59 Å². The summed E-state index contributed by atoms with van der Waals surface area (Å²) < 4.78 is 22.8. The summed E-state index contributed by atoms with van der Waals surface area (Å²) in [5.41, 5.74) is 0.175. The molecule has 0 aromatic rings. The molecule has 5 rings (SSSR count). The Morgan fingerprint density at radius 3 is 2.08 bits per heavy atom. The highest BCUT2D eigenvalue weighted by Gasteiger charge is 2.51. The van der Waals surface area contributed by atoms with E-state index in [1.807, 2.05) is 0 Å². The maximum absolute atomic E-state index is 12.4. The lowest BCUT2D eigenvalue weighted by molar-refractivity contribution is -0.132. The second-order valence-corrected chi connectivity index (χ2v) is 11.3. The van der Waals surface area contributed by atoms with E-state index in [0.717, 1.165) is 17.8 Å². The average molecular weight is 368 g/mol. The Morgan fingerprint density at radius 2 is 1.56 bits per heavy atom. The molecule has 25 heavy (non-hydrogen) atoms. The van der Waals surface area contributed by atoms with Crippen LogP contribution in [0.4, 0.5) is 0 Å².